The maximum absolute atomic E-state index is 12.4. The SMILES string of the molecule is CC(C)N(CCCC(=O)O)C(=O)NC1C(C)(C)C1(C)C. The molecule has 0 heterocycles. The molecule has 0 aromatic carbocycles. The molecule has 20 heavy (non-hydrogen) atoms. The first kappa shape index (κ1) is 16.8. The maximum atomic E-state index is 12.4. The molecule has 1 fully saturated rings. The Morgan fingerprint density at radius 1 is 1.20 bits per heavy atom. The Hall–Kier alpha value is -1.26. The molecule has 0 aromatic rings. The van der Waals surface area contributed by atoms with Crippen molar-refractivity contribution in [3.8, 4) is 0 Å². The lowest BCUT2D eigenvalue weighted by Gasteiger charge is -2.27. The van der Waals surface area contributed by atoms with Crippen molar-refractivity contribution >= 4 is 12.0 Å². The molecule has 0 aliphatic heterocycles. The van der Waals surface area contributed by atoms with Crippen LogP contribution in [0.1, 0.15) is 54.4 Å². The Labute approximate surface area is 121 Å². The number of hydrogen-bond acceptors (Lipinski definition) is 2. The zero-order valence-corrected chi connectivity index (χ0v) is 13.5. The van der Waals surface area contributed by atoms with Gasteiger partial charge in [-0.3, -0.25) is 4.79 Å². The van der Waals surface area contributed by atoms with Crippen LogP contribution in [0, 0.1) is 10.8 Å². The van der Waals surface area contributed by atoms with E-state index >= 15 is 0 Å². The Bertz CT molecular complexity index is 375. The van der Waals surface area contributed by atoms with Gasteiger partial charge in [0.1, 0.15) is 0 Å². The molecule has 1 aliphatic rings. The van der Waals surface area contributed by atoms with Crippen molar-refractivity contribution in [1.29, 1.82) is 0 Å². The molecule has 0 saturated heterocycles. The smallest absolute Gasteiger partial charge is 0.317 e. The van der Waals surface area contributed by atoms with E-state index in [1.165, 1.54) is 0 Å². The highest BCUT2D eigenvalue weighted by Gasteiger charge is 2.65. The highest BCUT2D eigenvalue weighted by molar-refractivity contribution is 5.76. The molecule has 0 aromatic heterocycles. The summed E-state index contributed by atoms with van der Waals surface area (Å²) >= 11 is 0. The highest BCUT2D eigenvalue weighted by Crippen LogP contribution is 2.62. The molecule has 0 bridgehead atoms. The molecule has 1 saturated carbocycles. The van der Waals surface area contributed by atoms with Gasteiger partial charge in [-0.1, -0.05) is 27.7 Å². The second-order valence-corrected chi connectivity index (χ2v) is 7.11. The van der Waals surface area contributed by atoms with Gasteiger partial charge in [-0.2, -0.15) is 0 Å². The zero-order chi connectivity index (χ0) is 15.7. The van der Waals surface area contributed by atoms with E-state index in [1.807, 2.05) is 13.8 Å². The lowest BCUT2D eigenvalue weighted by molar-refractivity contribution is -0.137. The summed E-state index contributed by atoms with van der Waals surface area (Å²) in [5.41, 5.74) is 0.207. The van der Waals surface area contributed by atoms with E-state index in [4.69, 9.17) is 5.11 Å². The van der Waals surface area contributed by atoms with Crippen molar-refractivity contribution in [3.63, 3.8) is 0 Å². The topological polar surface area (TPSA) is 69.6 Å². The van der Waals surface area contributed by atoms with Crippen LogP contribution in [0.2, 0.25) is 0 Å². The summed E-state index contributed by atoms with van der Waals surface area (Å²) in [6.45, 7) is 13.0. The average molecular weight is 284 g/mol. The summed E-state index contributed by atoms with van der Waals surface area (Å²) in [5.74, 6) is -0.821. The monoisotopic (exact) mass is 284 g/mol. The molecule has 0 radical (unpaired) electrons. The van der Waals surface area contributed by atoms with Crippen molar-refractivity contribution in [2.75, 3.05) is 6.54 Å². The summed E-state index contributed by atoms with van der Waals surface area (Å²) in [5, 5.41) is 11.8. The molecule has 0 unspecified atom stereocenters. The number of aliphatic carboxylic acids is 1. The minimum Gasteiger partial charge on any atom is -0.481 e. The fraction of sp³-hybridized carbons (Fsp3) is 0.867. The quantitative estimate of drug-likeness (QED) is 0.788. The van der Waals surface area contributed by atoms with Crippen LogP contribution in [0.15, 0.2) is 0 Å². The van der Waals surface area contributed by atoms with Crippen LogP contribution in [-0.2, 0) is 4.79 Å². The highest BCUT2D eigenvalue weighted by atomic mass is 16.4. The number of nitrogens with zero attached hydrogens (tertiary/aromatic N) is 1. The lowest BCUT2D eigenvalue weighted by Crippen LogP contribution is -2.46. The van der Waals surface area contributed by atoms with Gasteiger partial charge in [0.05, 0.1) is 0 Å². The summed E-state index contributed by atoms with van der Waals surface area (Å²) in [4.78, 5) is 24.6. The van der Waals surface area contributed by atoms with Crippen LogP contribution < -0.4 is 5.32 Å². The summed E-state index contributed by atoms with van der Waals surface area (Å²) in [7, 11) is 0. The zero-order valence-electron chi connectivity index (χ0n) is 13.5. The Morgan fingerprint density at radius 3 is 2.05 bits per heavy atom. The number of carbonyl (C=O) groups is 2. The minimum absolute atomic E-state index is 0.0637. The standard InChI is InChI=1S/C15H28N2O3/c1-10(2)17(9-7-8-11(18)19)13(20)16-12-14(3,4)15(12,5)6/h10,12H,7-9H2,1-6H3,(H,16,20)(H,18,19). The molecule has 5 nitrogen and oxygen atoms in total. The van der Waals surface area contributed by atoms with Crippen molar-refractivity contribution in [1.82, 2.24) is 10.2 Å². The molecule has 0 atom stereocenters. The summed E-state index contributed by atoms with van der Waals surface area (Å²) in [6.07, 6.45) is 0.579. The number of hydrogen-bond donors (Lipinski definition) is 2. The van der Waals surface area contributed by atoms with Crippen molar-refractivity contribution < 1.29 is 14.7 Å². The van der Waals surface area contributed by atoms with Gasteiger partial charge in [0, 0.05) is 25.0 Å². The van der Waals surface area contributed by atoms with E-state index in [-0.39, 0.29) is 35.4 Å². The normalized spacial score (nSPS) is 19.8. The van der Waals surface area contributed by atoms with E-state index in [1.54, 1.807) is 4.90 Å². The predicted octanol–water partition coefficient (Wildman–Crippen LogP) is 2.71. The van der Waals surface area contributed by atoms with Gasteiger partial charge in [-0.25, -0.2) is 4.79 Å². The van der Waals surface area contributed by atoms with Crippen molar-refractivity contribution in [3.05, 3.63) is 0 Å². The van der Waals surface area contributed by atoms with Crippen LogP contribution in [0.4, 0.5) is 4.79 Å². The number of amides is 2. The Morgan fingerprint density at radius 2 is 1.70 bits per heavy atom. The second kappa shape index (κ2) is 5.62. The molecular weight excluding hydrogens is 256 g/mol. The van der Waals surface area contributed by atoms with Crippen molar-refractivity contribution in [2.24, 2.45) is 10.8 Å². The average Bonchev–Trinajstić information content (AvgIpc) is 2.66. The summed E-state index contributed by atoms with van der Waals surface area (Å²) < 4.78 is 0. The first-order chi connectivity index (χ1) is 9.01. The van der Waals surface area contributed by atoms with Crippen LogP contribution in [0.3, 0.4) is 0 Å². The lowest BCUT2D eigenvalue weighted by atomic mass is 10.0. The van der Waals surface area contributed by atoms with E-state index in [9.17, 15) is 9.59 Å². The van der Waals surface area contributed by atoms with Gasteiger partial charge in [0.25, 0.3) is 0 Å². The van der Waals surface area contributed by atoms with Crippen LogP contribution >= 0.6 is 0 Å². The first-order valence-electron chi connectivity index (χ1n) is 7.30. The third-order valence-electron chi connectivity index (χ3n) is 4.96. The molecule has 1 aliphatic carbocycles. The molecular formula is C15H28N2O3. The third kappa shape index (κ3) is 3.25. The molecule has 2 amide bonds. The van der Waals surface area contributed by atoms with Crippen LogP contribution in [-0.4, -0.2) is 40.6 Å². The largest absolute Gasteiger partial charge is 0.481 e. The Kier molecular flexibility index (Phi) is 4.72. The molecule has 116 valence electrons. The van der Waals surface area contributed by atoms with Crippen molar-refractivity contribution in [2.45, 2.75) is 66.5 Å². The number of carboxylic acid groups (broad SMARTS) is 1. The second-order valence-electron chi connectivity index (χ2n) is 7.11. The molecule has 2 N–H and O–H groups in total. The van der Waals surface area contributed by atoms with E-state index in [0.717, 1.165) is 0 Å². The fourth-order valence-electron chi connectivity index (χ4n) is 2.76. The van der Waals surface area contributed by atoms with E-state index in [2.05, 4.69) is 33.0 Å². The van der Waals surface area contributed by atoms with Crippen LogP contribution in [0.5, 0.6) is 0 Å². The summed E-state index contributed by atoms with van der Waals surface area (Å²) in [6, 6.07) is 0.144. The van der Waals surface area contributed by atoms with E-state index in [0.29, 0.717) is 13.0 Å². The van der Waals surface area contributed by atoms with Gasteiger partial charge in [-0.05, 0) is 31.1 Å². The van der Waals surface area contributed by atoms with Gasteiger partial charge in [0.15, 0.2) is 0 Å². The van der Waals surface area contributed by atoms with Crippen LogP contribution in [0.25, 0.3) is 0 Å². The first-order valence-corrected chi connectivity index (χ1v) is 7.30. The van der Waals surface area contributed by atoms with Gasteiger partial charge in [-0.15, -0.1) is 0 Å². The number of rotatable bonds is 6. The fourth-order valence-corrected chi connectivity index (χ4v) is 2.76. The number of nitrogens with one attached hydrogen (secondary N) is 1. The molecule has 0 spiro atoms. The number of urea groups is 1. The molecule has 5 heteroatoms. The predicted molar refractivity (Wildman–Crippen MR) is 78.6 cm³/mol. The number of carboxylic acids is 1. The maximum Gasteiger partial charge on any atom is 0.317 e. The molecule has 1 rings (SSSR count). The van der Waals surface area contributed by atoms with Gasteiger partial charge >= 0.3 is 12.0 Å². The van der Waals surface area contributed by atoms with Gasteiger partial charge in [0.2, 0.25) is 0 Å². The minimum atomic E-state index is -0.821. The number of carbonyl (C=O) groups excluding carboxylic acids is 1. The Balaban J connectivity index is 2.56. The van der Waals surface area contributed by atoms with Gasteiger partial charge < -0.3 is 15.3 Å². The van der Waals surface area contributed by atoms with E-state index < -0.39 is 5.97 Å². The third-order valence-corrected chi connectivity index (χ3v) is 4.96.